The van der Waals surface area contributed by atoms with Gasteiger partial charge in [-0.15, -0.1) is 0 Å². The first-order chi connectivity index (χ1) is 5.24. The van der Waals surface area contributed by atoms with Crippen molar-refractivity contribution in [3.8, 4) is 0 Å². The second-order valence-electron chi connectivity index (χ2n) is 2.64. The lowest BCUT2D eigenvalue weighted by Gasteiger charge is -1.98. The molecule has 1 rings (SSSR count). The quantitative estimate of drug-likeness (QED) is 0.499. The lowest BCUT2D eigenvalue weighted by Crippen LogP contribution is -1.85. The molecule has 0 radical (unpaired) electrons. The molecule has 0 aliphatic carbocycles. The van der Waals surface area contributed by atoms with Crippen LogP contribution >= 0.6 is 0 Å². The summed E-state index contributed by atoms with van der Waals surface area (Å²) in [5.74, 6) is 0. The number of aliphatic imine (C=N–C) groups is 1. The number of rotatable bonds is 0. The van der Waals surface area contributed by atoms with Crippen LogP contribution in [-0.4, -0.2) is 5.71 Å². The van der Waals surface area contributed by atoms with Crippen LogP contribution in [0.4, 0.5) is 0 Å². The molecule has 0 spiro atoms. The summed E-state index contributed by atoms with van der Waals surface area (Å²) in [6.45, 7) is 6.09. The summed E-state index contributed by atoms with van der Waals surface area (Å²) in [4.78, 5) is 4.40. The van der Waals surface area contributed by atoms with Crippen molar-refractivity contribution in [3.05, 3.63) is 35.6 Å². The summed E-state index contributed by atoms with van der Waals surface area (Å²) in [5.41, 5.74) is 3.36. The van der Waals surface area contributed by atoms with Crippen molar-refractivity contribution in [2.24, 2.45) is 4.99 Å². The Bertz CT molecular complexity index is 265. The Morgan fingerprint density at radius 1 is 1.36 bits per heavy atom. The highest BCUT2D eigenvalue weighted by Crippen LogP contribution is 2.13. The van der Waals surface area contributed by atoms with Gasteiger partial charge in [0.2, 0.25) is 0 Å². The van der Waals surface area contributed by atoms with E-state index in [1.165, 1.54) is 5.57 Å². The zero-order chi connectivity index (χ0) is 8.27. The standard InChI is InChI=1S/C10H13N/c1-4-10-8(2)6-5-7-9(3)11-10/h4-7H,1-3H3. The molecule has 0 saturated carbocycles. The Labute approximate surface area is 67.8 Å². The molecule has 0 aromatic carbocycles. The molecule has 1 heteroatoms. The van der Waals surface area contributed by atoms with Gasteiger partial charge in [-0.3, -0.25) is 4.99 Å². The second-order valence-corrected chi connectivity index (χ2v) is 2.64. The molecule has 58 valence electrons. The molecule has 1 aliphatic rings. The predicted molar refractivity (Wildman–Crippen MR) is 49.8 cm³/mol. The van der Waals surface area contributed by atoms with Crippen LogP contribution in [0.2, 0.25) is 0 Å². The van der Waals surface area contributed by atoms with E-state index < -0.39 is 0 Å². The van der Waals surface area contributed by atoms with Crippen LogP contribution in [0.5, 0.6) is 0 Å². The van der Waals surface area contributed by atoms with Crippen LogP contribution in [0.3, 0.4) is 0 Å². The van der Waals surface area contributed by atoms with Crippen molar-refractivity contribution in [1.82, 2.24) is 0 Å². The van der Waals surface area contributed by atoms with Gasteiger partial charge in [-0.1, -0.05) is 18.2 Å². The fourth-order valence-corrected chi connectivity index (χ4v) is 1.02. The molecule has 0 N–H and O–H groups in total. The van der Waals surface area contributed by atoms with E-state index in [-0.39, 0.29) is 0 Å². The smallest absolute Gasteiger partial charge is 0.0619 e. The Morgan fingerprint density at radius 3 is 2.73 bits per heavy atom. The number of nitrogens with zero attached hydrogens (tertiary/aromatic N) is 1. The molecule has 0 atom stereocenters. The lowest BCUT2D eigenvalue weighted by atomic mass is 10.2. The van der Waals surface area contributed by atoms with Crippen LogP contribution in [0.15, 0.2) is 40.6 Å². The van der Waals surface area contributed by atoms with E-state index in [1.807, 2.05) is 32.1 Å². The molecule has 0 aromatic rings. The summed E-state index contributed by atoms with van der Waals surface area (Å²) in [6, 6.07) is 0. The maximum atomic E-state index is 4.40. The Hall–Kier alpha value is -1.11. The van der Waals surface area contributed by atoms with E-state index >= 15 is 0 Å². The minimum absolute atomic E-state index is 1.06. The molecule has 11 heavy (non-hydrogen) atoms. The minimum Gasteiger partial charge on any atom is -0.254 e. The Balaban J connectivity index is 3.06. The van der Waals surface area contributed by atoms with E-state index in [9.17, 15) is 0 Å². The molecule has 1 nitrogen and oxygen atoms in total. The van der Waals surface area contributed by atoms with Crippen molar-refractivity contribution >= 4 is 5.71 Å². The molecule has 0 fully saturated rings. The van der Waals surface area contributed by atoms with Gasteiger partial charge in [0.1, 0.15) is 0 Å². The molecule has 0 saturated heterocycles. The third-order valence-electron chi connectivity index (χ3n) is 1.66. The summed E-state index contributed by atoms with van der Waals surface area (Å²) in [5, 5.41) is 0. The Kier molecular flexibility index (Phi) is 2.42. The van der Waals surface area contributed by atoms with Crippen LogP contribution in [0.25, 0.3) is 0 Å². The van der Waals surface area contributed by atoms with Gasteiger partial charge in [-0.05, 0) is 32.4 Å². The third-order valence-corrected chi connectivity index (χ3v) is 1.66. The van der Waals surface area contributed by atoms with E-state index in [4.69, 9.17) is 0 Å². The largest absolute Gasteiger partial charge is 0.254 e. The Morgan fingerprint density at radius 2 is 2.09 bits per heavy atom. The van der Waals surface area contributed by atoms with Crippen molar-refractivity contribution < 1.29 is 0 Å². The molecule has 1 heterocycles. The van der Waals surface area contributed by atoms with Crippen molar-refractivity contribution in [2.75, 3.05) is 0 Å². The average Bonchev–Trinajstić information content (AvgIpc) is 2.13. The number of hydrogen-bond donors (Lipinski definition) is 0. The van der Waals surface area contributed by atoms with E-state index in [0.717, 1.165) is 11.4 Å². The molecular weight excluding hydrogens is 134 g/mol. The average molecular weight is 147 g/mol. The van der Waals surface area contributed by atoms with Gasteiger partial charge >= 0.3 is 0 Å². The van der Waals surface area contributed by atoms with Crippen molar-refractivity contribution in [2.45, 2.75) is 20.8 Å². The van der Waals surface area contributed by atoms with Gasteiger partial charge < -0.3 is 0 Å². The van der Waals surface area contributed by atoms with Gasteiger partial charge in [0.15, 0.2) is 0 Å². The predicted octanol–water partition coefficient (Wildman–Crippen LogP) is 2.87. The van der Waals surface area contributed by atoms with Gasteiger partial charge in [0.25, 0.3) is 0 Å². The number of hydrogen-bond acceptors (Lipinski definition) is 1. The summed E-state index contributed by atoms with van der Waals surface area (Å²) in [6.07, 6.45) is 8.16. The summed E-state index contributed by atoms with van der Waals surface area (Å²) < 4.78 is 0. The molecule has 0 amide bonds. The van der Waals surface area contributed by atoms with Gasteiger partial charge in [-0.25, -0.2) is 0 Å². The monoisotopic (exact) mass is 147 g/mol. The van der Waals surface area contributed by atoms with E-state index in [1.54, 1.807) is 0 Å². The summed E-state index contributed by atoms with van der Waals surface area (Å²) >= 11 is 0. The first-order valence-electron chi connectivity index (χ1n) is 3.81. The second kappa shape index (κ2) is 3.33. The summed E-state index contributed by atoms with van der Waals surface area (Å²) in [7, 11) is 0. The highest BCUT2D eigenvalue weighted by atomic mass is 14.8. The minimum atomic E-state index is 1.06. The van der Waals surface area contributed by atoms with E-state index in [0.29, 0.717) is 0 Å². The molecule has 0 bridgehead atoms. The zero-order valence-electron chi connectivity index (χ0n) is 7.26. The fraction of sp³-hybridized carbons (Fsp3) is 0.300. The van der Waals surface area contributed by atoms with E-state index in [2.05, 4.69) is 18.0 Å². The normalized spacial score (nSPS) is 21.2. The lowest BCUT2D eigenvalue weighted by molar-refractivity contribution is 1.27. The highest BCUT2D eigenvalue weighted by Gasteiger charge is 1.98. The molecule has 1 aliphatic heterocycles. The highest BCUT2D eigenvalue weighted by molar-refractivity contribution is 5.94. The molecular formula is C10H13N. The third kappa shape index (κ3) is 1.90. The number of allylic oxidation sites excluding steroid dienone is 5. The first kappa shape index (κ1) is 7.99. The fourth-order valence-electron chi connectivity index (χ4n) is 1.02. The first-order valence-corrected chi connectivity index (χ1v) is 3.81. The topological polar surface area (TPSA) is 12.4 Å². The van der Waals surface area contributed by atoms with Crippen LogP contribution in [-0.2, 0) is 0 Å². The van der Waals surface area contributed by atoms with Crippen molar-refractivity contribution in [3.63, 3.8) is 0 Å². The molecule has 0 aromatic heterocycles. The molecule has 0 unspecified atom stereocenters. The van der Waals surface area contributed by atoms with Gasteiger partial charge in [0.05, 0.1) is 5.70 Å². The van der Waals surface area contributed by atoms with Gasteiger partial charge in [-0.2, -0.15) is 0 Å². The van der Waals surface area contributed by atoms with Gasteiger partial charge in [0, 0.05) is 5.71 Å². The van der Waals surface area contributed by atoms with Crippen LogP contribution < -0.4 is 0 Å². The maximum absolute atomic E-state index is 4.40. The SMILES string of the molecule is CC=C1N=C(C)C=CC=C1C. The van der Waals surface area contributed by atoms with Crippen LogP contribution in [0, 0.1) is 0 Å². The van der Waals surface area contributed by atoms with Crippen LogP contribution in [0.1, 0.15) is 20.8 Å². The zero-order valence-corrected chi connectivity index (χ0v) is 7.26. The maximum Gasteiger partial charge on any atom is 0.0619 e. The van der Waals surface area contributed by atoms with Crippen molar-refractivity contribution in [1.29, 1.82) is 0 Å².